The van der Waals surface area contributed by atoms with Gasteiger partial charge in [-0.25, -0.2) is 8.42 Å². The average Bonchev–Trinajstić information content (AvgIpc) is 2.37. The van der Waals surface area contributed by atoms with Crippen LogP contribution in [0.1, 0.15) is 6.92 Å². The summed E-state index contributed by atoms with van der Waals surface area (Å²) in [5.74, 6) is -0.608. The summed E-state index contributed by atoms with van der Waals surface area (Å²) < 4.78 is 28.9. The van der Waals surface area contributed by atoms with Gasteiger partial charge in [-0.15, -0.1) is 6.58 Å². The fourth-order valence-electron chi connectivity index (χ4n) is 1.38. The standard InChI is InChI=1S/C12H12BrCl2NO4S/c1-3-4-16-12(17)7(2)20-11-9(14)5-8(13)6-10(11)21(15,18)19/h3,5-7H,1,4H2,2H3,(H,16,17). The molecular formula is C12H12BrCl2NO4S. The van der Waals surface area contributed by atoms with Gasteiger partial charge >= 0.3 is 0 Å². The van der Waals surface area contributed by atoms with Crippen LogP contribution in [0.5, 0.6) is 5.75 Å². The highest BCUT2D eigenvalue weighted by Gasteiger charge is 2.24. The van der Waals surface area contributed by atoms with Crippen LogP contribution in [0, 0.1) is 0 Å². The van der Waals surface area contributed by atoms with E-state index in [1.54, 1.807) is 0 Å². The molecule has 1 amide bonds. The highest BCUT2D eigenvalue weighted by molar-refractivity contribution is 9.10. The number of amides is 1. The summed E-state index contributed by atoms with van der Waals surface area (Å²) in [7, 11) is 1.27. The summed E-state index contributed by atoms with van der Waals surface area (Å²) in [5.41, 5.74) is 0. The highest BCUT2D eigenvalue weighted by atomic mass is 79.9. The van der Waals surface area contributed by atoms with Gasteiger partial charge in [0.2, 0.25) is 0 Å². The van der Waals surface area contributed by atoms with E-state index in [1.807, 2.05) is 0 Å². The zero-order chi connectivity index (χ0) is 16.2. The number of hydrogen-bond donors (Lipinski definition) is 1. The van der Waals surface area contributed by atoms with E-state index in [9.17, 15) is 13.2 Å². The van der Waals surface area contributed by atoms with E-state index >= 15 is 0 Å². The number of halogens is 3. The molecule has 0 bridgehead atoms. The Balaban J connectivity index is 3.13. The smallest absolute Gasteiger partial charge is 0.265 e. The summed E-state index contributed by atoms with van der Waals surface area (Å²) in [6.07, 6.45) is 0.548. The lowest BCUT2D eigenvalue weighted by molar-refractivity contribution is -0.127. The van der Waals surface area contributed by atoms with Crippen molar-refractivity contribution in [3.8, 4) is 5.75 Å². The molecule has 0 radical (unpaired) electrons. The van der Waals surface area contributed by atoms with Crippen molar-refractivity contribution < 1.29 is 17.9 Å². The molecule has 0 saturated carbocycles. The van der Waals surface area contributed by atoms with Gasteiger partial charge in [-0.2, -0.15) is 0 Å². The van der Waals surface area contributed by atoms with Crippen LogP contribution in [0.4, 0.5) is 0 Å². The Bertz CT molecular complexity index is 663. The van der Waals surface area contributed by atoms with E-state index in [2.05, 4.69) is 27.8 Å². The number of carbonyl (C=O) groups excluding carboxylic acids is 1. The minimum absolute atomic E-state index is 0.0203. The van der Waals surface area contributed by atoms with Gasteiger partial charge in [0.25, 0.3) is 15.0 Å². The van der Waals surface area contributed by atoms with Gasteiger partial charge < -0.3 is 10.1 Å². The highest BCUT2D eigenvalue weighted by Crippen LogP contribution is 2.37. The Morgan fingerprint density at radius 1 is 1.57 bits per heavy atom. The lowest BCUT2D eigenvalue weighted by Gasteiger charge is -2.17. The Kier molecular flexibility index (Phi) is 6.52. The Morgan fingerprint density at radius 2 is 2.19 bits per heavy atom. The number of rotatable bonds is 6. The molecule has 1 aromatic rings. The lowest BCUT2D eigenvalue weighted by atomic mass is 10.3. The van der Waals surface area contributed by atoms with Gasteiger partial charge in [0.1, 0.15) is 4.90 Å². The molecule has 1 aromatic carbocycles. The zero-order valence-corrected chi connectivity index (χ0v) is 14.8. The second kappa shape index (κ2) is 7.49. The van der Waals surface area contributed by atoms with E-state index in [-0.39, 0.29) is 22.2 Å². The first-order valence-corrected chi connectivity index (χ1v) is 9.13. The Morgan fingerprint density at radius 3 is 2.71 bits per heavy atom. The van der Waals surface area contributed by atoms with Crippen molar-refractivity contribution in [2.45, 2.75) is 17.9 Å². The summed E-state index contributed by atoms with van der Waals surface area (Å²) in [5, 5.41) is 2.54. The summed E-state index contributed by atoms with van der Waals surface area (Å²) >= 11 is 9.08. The molecule has 0 aliphatic carbocycles. The number of hydrogen-bond acceptors (Lipinski definition) is 4. The molecule has 1 unspecified atom stereocenters. The van der Waals surface area contributed by atoms with Crippen LogP contribution in [0.25, 0.3) is 0 Å². The first-order chi connectivity index (χ1) is 9.66. The molecule has 0 heterocycles. The maximum Gasteiger partial charge on any atom is 0.265 e. The molecule has 0 aliphatic heterocycles. The molecule has 21 heavy (non-hydrogen) atoms. The van der Waals surface area contributed by atoms with Gasteiger partial charge in [-0.05, 0) is 19.1 Å². The normalized spacial score (nSPS) is 12.6. The van der Waals surface area contributed by atoms with Crippen molar-refractivity contribution >= 4 is 53.2 Å². The minimum atomic E-state index is -4.08. The lowest BCUT2D eigenvalue weighted by Crippen LogP contribution is -2.36. The number of carbonyl (C=O) groups is 1. The van der Waals surface area contributed by atoms with Crippen LogP contribution >= 0.6 is 38.2 Å². The maximum atomic E-state index is 11.7. The SMILES string of the molecule is C=CCNC(=O)C(C)Oc1c(Cl)cc(Br)cc1S(=O)(=O)Cl. The van der Waals surface area contributed by atoms with Crippen molar-refractivity contribution in [2.75, 3.05) is 6.54 Å². The summed E-state index contributed by atoms with van der Waals surface area (Å²) in [6, 6.07) is 2.69. The Labute approximate surface area is 140 Å². The minimum Gasteiger partial charge on any atom is -0.478 e. The van der Waals surface area contributed by atoms with Crippen LogP contribution in [-0.2, 0) is 13.8 Å². The molecule has 0 saturated heterocycles. The van der Waals surface area contributed by atoms with Crippen LogP contribution in [0.15, 0.2) is 34.2 Å². The van der Waals surface area contributed by atoms with Crippen molar-refractivity contribution in [2.24, 2.45) is 0 Å². The number of benzene rings is 1. The molecule has 9 heteroatoms. The predicted octanol–water partition coefficient (Wildman–Crippen LogP) is 3.10. The first-order valence-electron chi connectivity index (χ1n) is 5.65. The third-order valence-electron chi connectivity index (χ3n) is 2.32. The zero-order valence-electron chi connectivity index (χ0n) is 10.9. The summed E-state index contributed by atoms with van der Waals surface area (Å²) in [6.45, 7) is 5.19. The van der Waals surface area contributed by atoms with Crippen LogP contribution in [-0.4, -0.2) is 27.0 Å². The summed E-state index contributed by atoms with van der Waals surface area (Å²) in [4.78, 5) is 11.4. The van der Waals surface area contributed by atoms with Gasteiger partial charge in [0.05, 0.1) is 5.02 Å². The first kappa shape index (κ1) is 18.3. The van der Waals surface area contributed by atoms with E-state index in [0.717, 1.165) is 0 Å². The molecule has 1 atom stereocenters. The monoisotopic (exact) mass is 415 g/mol. The van der Waals surface area contributed by atoms with Gasteiger partial charge in [0, 0.05) is 21.7 Å². The molecule has 5 nitrogen and oxygen atoms in total. The molecule has 116 valence electrons. The maximum absolute atomic E-state index is 11.7. The van der Waals surface area contributed by atoms with Gasteiger partial charge in [-0.1, -0.05) is 33.6 Å². The third-order valence-corrected chi connectivity index (χ3v) is 4.39. The fourth-order valence-corrected chi connectivity index (χ4v) is 3.43. The third kappa shape index (κ3) is 5.18. The topological polar surface area (TPSA) is 72.5 Å². The molecule has 0 fully saturated rings. The van der Waals surface area contributed by atoms with Crippen LogP contribution in [0.2, 0.25) is 5.02 Å². The van der Waals surface area contributed by atoms with Crippen molar-refractivity contribution in [3.05, 3.63) is 34.3 Å². The van der Waals surface area contributed by atoms with E-state index in [4.69, 9.17) is 27.0 Å². The molecule has 0 spiro atoms. The fraction of sp³-hybridized carbons (Fsp3) is 0.250. The van der Waals surface area contributed by atoms with E-state index in [1.165, 1.54) is 25.1 Å². The van der Waals surface area contributed by atoms with E-state index < -0.39 is 21.1 Å². The van der Waals surface area contributed by atoms with Crippen LogP contribution < -0.4 is 10.1 Å². The van der Waals surface area contributed by atoms with E-state index in [0.29, 0.717) is 4.47 Å². The van der Waals surface area contributed by atoms with Crippen molar-refractivity contribution in [1.29, 1.82) is 0 Å². The van der Waals surface area contributed by atoms with Gasteiger partial charge in [0.15, 0.2) is 11.9 Å². The number of ether oxygens (including phenoxy) is 1. The van der Waals surface area contributed by atoms with Crippen molar-refractivity contribution in [3.63, 3.8) is 0 Å². The molecule has 1 N–H and O–H groups in total. The largest absolute Gasteiger partial charge is 0.478 e. The quantitative estimate of drug-likeness (QED) is 0.571. The predicted molar refractivity (Wildman–Crippen MR) is 85.5 cm³/mol. The molecule has 0 aliphatic rings. The molecular weight excluding hydrogens is 405 g/mol. The molecule has 0 aromatic heterocycles. The van der Waals surface area contributed by atoms with Crippen molar-refractivity contribution in [1.82, 2.24) is 5.32 Å². The second-order valence-corrected chi connectivity index (χ2v) is 7.80. The average molecular weight is 417 g/mol. The second-order valence-electron chi connectivity index (χ2n) is 3.95. The van der Waals surface area contributed by atoms with Crippen LogP contribution in [0.3, 0.4) is 0 Å². The number of nitrogens with one attached hydrogen (secondary N) is 1. The molecule has 1 rings (SSSR count). The Hall–Kier alpha value is -0.760. The van der Waals surface area contributed by atoms with Gasteiger partial charge in [-0.3, -0.25) is 4.79 Å².